The smallest absolute Gasteiger partial charge is 0.216 e. The lowest BCUT2D eigenvalue weighted by Crippen LogP contribution is -2.57. The van der Waals surface area contributed by atoms with Crippen LogP contribution in [0.5, 0.6) is 0 Å². The van der Waals surface area contributed by atoms with Gasteiger partial charge in [0.05, 0.1) is 24.6 Å². The van der Waals surface area contributed by atoms with Crippen molar-refractivity contribution < 1.29 is 18.3 Å². The highest BCUT2D eigenvalue weighted by atomic mass is 32.2. The molecule has 4 rings (SSSR count). The number of hydrogen-bond donors (Lipinski definition) is 1. The van der Waals surface area contributed by atoms with Gasteiger partial charge >= 0.3 is 0 Å². The summed E-state index contributed by atoms with van der Waals surface area (Å²) in [5.74, 6) is 0.225. The van der Waals surface area contributed by atoms with Crippen LogP contribution in [0.15, 0.2) is 6.07 Å². The number of likely N-dealkylation sites (tertiary alicyclic amines) is 1. The molecule has 4 heterocycles. The molecular formula is C20H32N2O4S2. The zero-order chi connectivity index (χ0) is 19.9. The van der Waals surface area contributed by atoms with E-state index < -0.39 is 10.0 Å². The predicted molar refractivity (Wildman–Crippen MR) is 111 cm³/mol. The SMILES string of the molecule is CCc1cc2c(s1)CCO[C@@]21CCN(CC2CN(S(=O)(=O)CCO)C2)[C@@H](C)C1. The van der Waals surface area contributed by atoms with Crippen molar-refractivity contribution in [2.75, 3.05) is 45.1 Å². The second kappa shape index (κ2) is 7.96. The molecule has 0 unspecified atom stereocenters. The third-order valence-electron chi connectivity index (χ3n) is 6.62. The van der Waals surface area contributed by atoms with Crippen LogP contribution in [-0.2, 0) is 33.2 Å². The van der Waals surface area contributed by atoms with Gasteiger partial charge in [-0.05, 0) is 43.7 Å². The summed E-state index contributed by atoms with van der Waals surface area (Å²) in [5.41, 5.74) is 1.32. The van der Waals surface area contributed by atoms with Crippen LogP contribution in [0, 0.1) is 5.92 Å². The summed E-state index contributed by atoms with van der Waals surface area (Å²) in [5, 5.41) is 8.91. The molecular weight excluding hydrogens is 396 g/mol. The van der Waals surface area contributed by atoms with Crippen LogP contribution in [0.2, 0.25) is 0 Å². The predicted octanol–water partition coefficient (Wildman–Crippen LogP) is 1.82. The van der Waals surface area contributed by atoms with Crippen LogP contribution in [0.25, 0.3) is 0 Å². The summed E-state index contributed by atoms with van der Waals surface area (Å²) in [6.45, 7) is 8.13. The Morgan fingerprint density at radius 1 is 1.39 bits per heavy atom. The molecule has 2 saturated heterocycles. The van der Waals surface area contributed by atoms with Crippen molar-refractivity contribution in [3.8, 4) is 0 Å². The number of piperidine rings is 1. The van der Waals surface area contributed by atoms with E-state index in [9.17, 15) is 8.42 Å². The molecule has 0 aliphatic carbocycles. The number of sulfonamides is 1. The van der Waals surface area contributed by atoms with E-state index in [-0.39, 0.29) is 18.0 Å². The molecule has 2 atom stereocenters. The molecule has 1 aromatic heterocycles. The average molecular weight is 429 g/mol. The lowest BCUT2D eigenvalue weighted by molar-refractivity contribution is -0.114. The second-order valence-corrected chi connectivity index (χ2v) is 11.8. The molecule has 8 heteroatoms. The van der Waals surface area contributed by atoms with Crippen LogP contribution in [-0.4, -0.2) is 73.9 Å². The number of rotatable bonds is 6. The summed E-state index contributed by atoms with van der Waals surface area (Å²) >= 11 is 1.96. The Hall–Kier alpha value is -0.510. The van der Waals surface area contributed by atoms with Gasteiger partial charge in [0.15, 0.2) is 0 Å². The van der Waals surface area contributed by atoms with E-state index >= 15 is 0 Å². The number of ether oxygens (including phenoxy) is 1. The normalized spacial score (nSPS) is 29.8. The number of aryl methyl sites for hydroxylation is 1. The summed E-state index contributed by atoms with van der Waals surface area (Å²) in [7, 11) is -3.27. The van der Waals surface area contributed by atoms with Crippen LogP contribution < -0.4 is 0 Å². The van der Waals surface area contributed by atoms with Crippen LogP contribution in [0.1, 0.15) is 42.0 Å². The molecule has 3 aliphatic rings. The van der Waals surface area contributed by atoms with E-state index in [2.05, 4.69) is 24.8 Å². The van der Waals surface area contributed by atoms with Gasteiger partial charge in [-0.3, -0.25) is 0 Å². The Morgan fingerprint density at radius 2 is 2.18 bits per heavy atom. The van der Waals surface area contributed by atoms with Crippen molar-refractivity contribution in [2.45, 2.75) is 51.2 Å². The van der Waals surface area contributed by atoms with Crippen LogP contribution >= 0.6 is 11.3 Å². The number of thiophene rings is 1. The number of aliphatic hydroxyl groups excluding tert-OH is 1. The third kappa shape index (κ3) is 3.79. The highest BCUT2D eigenvalue weighted by Crippen LogP contribution is 2.46. The Balaban J connectivity index is 1.37. The van der Waals surface area contributed by atoms with Crippen molar-refractivity contribution in [3.63, 3.8) is 0 Å². The number of aliphatic hydroxyl groups is 1. The molecule has 1 aromatic rings. The minimum atomic E-state index is -3.27. The van der Waals surface area contributed by atoms with E-state index in [0.29, 0.717) is 25.0 Å². The first-order chi connectivity index (χ1) is 13.4. The molecule has 1 N–H and O–H groups in total. The van der Waals surface area contributed by atoms with E-state index in [1.165, 1.54) is 19.6 Å². The Bertz CT molecular complexity index is 803. The van der Waals surface area contributed by atoms with Gasteiger partial charge in [0, 0.05) is 48.4 Å². The molecule has 2 fully saturated rings. The first-order valence-electron chi connectivity index (χ1n) is 10.5. The molecule has 0 saturated carbocycles. The lowest BCUT2D eigenvalue weighted by Gasteiger charge is -2.49. The number of hydrogen-bond acceptors (Lipinski definition) is 6. The Morgan fingerprint density at radius 3 is 2.86 bits per heavy atom. The second-order valence-electron chi connectivity index (χ2n) is 8.52. The first kappa shape index (κ1) is 20.8. The summed E-state index contributed by atoms with van der Waals surface area (Å²) in [6.07, 6.45) is 4.16. The highest BCUT2D eigenvalue weighted by molar-refractivity contribution is 7.89. The fourth-order valence-corrected chi connectivity index (χ4v) is 7.53. The maximum atomic E-state index is 12.0. The quantitative estimate of drug-likeness (QED) is 0.748. The van der Waals surface area contributed by atoms with Crippen molar-refractivity contribution in [2.24, 2.45) is 5.92 Å². The van der Waals surface area contributed by atoms with Gasteiger partial charge in [-0.2, -0.15) is 0 Å². The van der Waals surface area contributed by atoms with Gasteiger partial charge < -0.3 is 14.7 Å². The topological polar surface area (TPSA) is 70.1 Å². The number of nitrogens with zero attached hydrogens (tertiary/aromatic N) is 2. The van der Waals surface area contributed by atoms with Gasteiger partial charge in [0.25, 0.3) is 0 Å². The van der Waals surface area contributed by atoms with Gasteiger partial charge in [0.1, 0.15) is 0 Å². The number of fused-ring (bicyclic) bond motifs is 2. The molecule has 0 bridgehead atoms. The average Bonchev–Trinajstić information content (AvgIpc) is 3.04. The fraction of sp³-hybridized carbons (Fsp3) is 0.800. The maximum absolute atomic E-state index is 12.0. The molecule has 3 aliphatic heterocycles. The zero-order valence-corrected chi connectivity index (χ0v) is 18.5. The van der Waals surface area contributed by atoms with Gasteiger partial charge in [-0.25, -0.2) is 12.7 Å². The fourth-order valence-electron chi connectivity index (χ4n) is 4.99. The van der Waals surface area contributed by atoms with E-state index in [0.717, 1.165) is 45.4 Å². The first-order valence-corrected chi connectivity index (χ1v) is 12.9. The van der Waals surface area contributed by atoms with E-state index in [4.69, 9.17) is 9.84 Å². The highest BCUT2D eigenvalue weighted by Gasteiger charge is 2.45. The minimum Gasteiger partial charge on any atom is -0.395 e. The Labute approximate surface area is 172 Å². The molecule has 6 nitrogen and oxygen atoms in total. The summed E-state index contributed by atoms with van der Waals surface area (Å²) < 4.78 is 31.9. The summed E-state index contributed by atoms with van der Waals surface area (Å²) in [4.78, 5) is 5.49. The maximum Gasteiger partial charge on any atom is 0.216 e. The lowest BCUT2D eigenvalue weighted by atomic mass is 9.79. The summed E-state index contributed by atoms with van der Waals surface area (Å²) in [6, 6.07) is 2.81. The van der Waals surface area contributed by atoms with E-state index in [1.54, 1.807) is 0 Å². The molecule has 1 spiro atoms. The largest absolute Gasteiger partial charge is 0.395 e. The minimum absolute atomic E-state index is 0.121. The van der Waals surface area contributed by atoms with Gasteiger partial charge in [-0.15, -0.1) is 11.3 Å². The molecule has 28 heavy (non-hydrogen) atoms. The Kier molecular flexibility index (Phi) is 5.90. The molecule has 0 radical (unpaired) electrons. The van der Waals surface area contributed by atoms with Crippen molar-refractivity contribution >= 4 is 21.4 Å². The van der Waals surface area contributed by atoms with Crippen LogP contribution in [0.4, 0.5) is 0 Å². The van der Waals surface area contributed by atoms with Gasteiger partial charge in [-0.1, -0.05) is 6.92 Å². The van der Waals surface area contributed by atoms with Crippen molar-refractivity contribution in [1.29, 1.82) is 0 Å². The third-order valence-corrected chi connectivity index (χ3v) is 9.74. The molecule has 0 amide bonds. The van der Waals surface area contributed by atoms with E-state index in [1.807, 2.05) is 11.3 Å². The monoisotopic (exact) mass is 428 g/mol. The molecule has 0 aromatic carbocycles. The van der Waals surface area contributed by atoms with Gasteiger partial charge in [0.2, 0.25) is 10.0 Å². The molecule has 158 valence electrons. The van der Waals surface area contributed by atoms with Crippen LogP contribution in [0.3, 0.4) is 0 Å². The zero-order valence-electron chi connectivity index (χ0n) is 16.9. The standard InChI is InChI=1S/C20H32N2O4S2/c1-3-17-10-18-19(27-17)4-8-26-20(18)5-6-21(15(2)11-20)12-16-13-22(14-16)28(24,25)9-7-23/h10,15-16,23H,3-9,11-14H2,1-2H3/t15-,20+/m0/s1. The van der Waals surface area contributed by atoms with Crippen molar-refractivity contribution in [3.05, 3.63) is 21.4 Å². The van der Waals surface area contributed by atoms with Crippen molar-refractivity contribution in [1.82, 2.24) is 9.21 Å².